The van der Waals surface area contributed by atoms with Crippen LogP contribution in [0.5, 0.6) is 0 Å². The first kappa shape index (κ1) is 21.6. The van der Waals surface area contributed by atoms with Crippen LogP contribution in [0.4, 0.5) is 0 Å². The average Bonchev–Trinajstić information content (AvgIpc) is 2.64. The molecule has 1 saturated heterocycles. The van der Waals surface area contributed by atoms with Gasteiger partial charge in [-0.05, 0) is 32.0 Å². The van der Waals surface area contributed by atoms with E-state index in [1.807, 2.05) is 0 Å². The van der Waals surface area contributed by atoms with Crippen LogP contribution in [0.3, 0.4) is 0 Å². The molecule has 1 fully saturated rings. The smallest absolute Gasteiger partial charge is 0.326 e. The molecule has 0 aromatic carbocycles. The molecular formula is C18H29N3O5S. The van der Waals surface area contributed by atoms with Crippen molar-refractivity contribution in [1.82, 2.24) is 13.8 Å². The second-order valence-corrected chi connectivity index (χ2v) is 8.51. The maximum Gasteiger partial charge on any atom is 0.326 e. The van der Waals surface area contributed by atoms with Crippen molar-refractivity contribution in [3.8, 4) is 0 Å². The number of hydrogen-bond acceptors (Lipinski definition) is 6. The lowest BCUT2D eigenvalue weighted by Gasteiger charge is -2.31. The fraction of sp³-hybridized carbons (Fsp3) is 0.667. The molecule has 27 heavy (non-hydrogen) atoms. The van der Waals surface area contributed by atoms with Crippen molar-refractivity contribution >= 4 is 16.0 Å². The Kier molecular flexibility index (Phi) is 7.58. The monoisotopic (exact) mass is 399 g/mol. The highest BCUT2D eigenvalue weighted by atomic mass is 32.2. The average molecular weight is 400 g/mol. The maximum absolute atomic E-state index is 12.6. The van der Waals surface area contributed by atoms with Gasteiger partial charge in [-0.1, -0.05) is 20.8 Å². The summed E-state index contributed by atoms with van der Waals surface area (Å²) < 4.78 is 33.1. The van der Waals surface area contributed by atoms with Gasteiger partial charge in [0.2, 0.25) is 10.0 Å². The Labute approximate surface area is 160 Å². The fourth-order valence-corrected chi connectivity index (χ4v) is 4.74. The van der Waals surface area contributed by atoms with Gasteiger partial charge in [0, 0.05) is 31.9 Å². The number of hydrogen-bond donors (Lipinski definition) is 0. The summed E-state index contributed by atoms with van der Waals surface area (Å²) in [6.45, 7) is 8.50. The van der Waals surface area contributed by atoms with Gasteiger partial charge < -0.3 is 9.30 Å². The lowest BCUT2D eigenvalue weighted by atomic mass is 10.1. The number of ether oxygens (including phenoxy) is 1. The van der Waals surface area contributed by atoms with Crippen molar-refractivity contribution in [3.05, 3.63) is 28.7 Å². The van der Waals surface area contributed by atoms with E-state index in [-0.39, 0.29) is 17.5 Å². The molecule has 9 heteroatoms. The zero-order valence-corrected chi connectivity index (χ0v) is 17.1. The number of pyridine rings is 1. The lowest BCUT2D eigenvalue weighted by Crippen LogP contribution is -2.41. The summed E-state index contributed by atoms with van der Waals surface area (Å²) in [6.07, 6.45) is 2.79. The van der Waals surface area contributed by atoms with Gasteiger partial charge in [-0.15, -0.1) is 0 Å². The number of rotatable bonds is 8. The van der Waals surface area contributed by atoms with Gasteiger partial charge in [-0.3, -0.25) is 14.5 Å². The molecule has 0 amide bonds. The molecule has 2 heterocycles. The first-order valence-corrected chi connectivity index (χ1v) is 10.9. The zero-order valence-electron chi connectivity index (χ0n) is 16.3. The first-order chi connectivity index (χ1) is 12.8. The second kappa shape index (κ2) is 9.48. The number of likely N-dealkylation sites (N-methyl/N-ethyl adjacent to an activating group) is 1. The van der Waals surface area contributed by atoms with E-state index < -0.39 is 21.6 Å². The summed E-state index contributed by atoms with van der Waals surface area (Å²) in [5.41, 5.74) is -0.440. The predicted molar refractivity (Wildman–Crippen MR) is 102 cm³/mol. The van der Waals surface area contributed by atoms with Crippen molar-refractivity contribution < 1.29 is 17.9 Å². The molecule has 1 unspecified atom stereocenters. The van der Waals surface area contributed by atoms with Crippen molar-refractivity contribution in [2.24, 2.45) is 0 Å². The van der Waals surface area contributed by atoms with Gasteiger partial charge in [-0.2, -0.15) is 4.31 Å². The Bertz CT molecular complexity index is 801. The molecule has 0 radical (unpaired) electrons. The standard InChI is InChI=1S/C18H29N3O5S/c1-4-19-11-7-8-15(12-19)26-18(23)14-20-13-16(9-10-17(20)22)27(24,25)21(5-2)6-3/h9-10,13,15H,4-8,11-12,14H2,1-3H3. The lowest BCUT2D eigenvalue weighted by molar-refractivity contribution is -0.152. The summed E-state index contributed by atoms with van der Waals surface area (Å²) >= 11 is 0. The Hall–Kier alpha value is -1.71. The van der Waals surface area contributed by atoms with E-state index in [9.17, 15) is 18.0 Å². The SMILES string of the molecule is CCN1CCCC(OC(=O)Cn2cc(S(=O)(=O)N(CC)CC)ccc2=O)C1. The molecule has 0 N–H and O–H groups in total. The van der Waals surface area contributed by atoms with Crippen molar-refractivity contribution in [3.63, 3.8) is 0 Å². The number of piperidine rings is 1. The highest BCUT2D eigenvalue weighted by molar-refractivity contribution is 7.89. The van der Waals surface area contributed by atoms with Crippen LogP contribution >= 0.6 is 0 Å². The van der Waals surface area contributed by atoms with Crippen LogP contribution in [-0.4, -0.2) is 67.0 Å². The Morgan fingerprint density at radius 2 is 1.96 bits per heavy atom. The summed E-state index contributed by atoms with van der Waals surface area (Å²) in [4.78, 5) is 26.6. The fourth-order valence-electron chi connectivity index (χ4n) is 3.26. The summed E-state index contributed by atoms with van der Waals surface area (Å²) in [5.74, 6) is -0.530. The number of aromatic nitrogens is 1. The summed E-state index contributed by atoms with van der Waals surface area (Å²) in [6, 6.07) is 2.45. The zero-order chi connectivity index (χ0) is 20.0. The van der Waals surface area contributed by atoms with E-state index >= 15 is 0 Å². The number of esters is 1. The molecule has 1 aromatic heterocycles. The number of carbonyl (C=O) groups is 1. The van der Waals surface area contributed by atoms with E-state index in [0.717, 1.165) is 30.5 Å². The first-order valence-electron chi connectivity index (χ1n) is 9.44. The predicted octanol–water partition coefficient (Wildman–Crippen LogP) is 0.906. The Morgan fingerprint density at radius 1 is 1.26 bits per heavy atom. The molecule has 2 rings (SSSR count). The molecule has 152 valence electrons. The molecule has 0 bridgehead atoms. The van der Waals surface area contributed by atoms with Gasteiger partial charge in [0.05, 0.1) is 4.90 Å². The van der Waals surface area contributed by atoms with E-state index in [4.69, 9.17) is 4.74 Å². The van der Waals surface area contributed by atoms with E-state index in [1.165, 1.54) is 22.6 Å². The van der Waals surface area contributed by atoms with Crippen LogP contribution in [0, 0.1) is 0 Å². The van der Waals surface area contributed by atoms with Crippen LogP contribution in [0.15, 0.2) is 28.0 Å². The summed E-state index contributed by atoms with van der Waals surface area (Å²) in [5, 5.41) is 0. The van der Waals surface area contributed by atoms with Crippen LogP contribution in [0.1, 0.15) is 33.6 Å². The molecular weight excluding hydrogens is 370 g/mol. The number of carbonyl (C=O) groups excluding carboxylic acids is 1. The second-order valence-electron chi connectivity index (χ2n) is 6.57. The third kappa shape index (κ3) is 5.40. The molecule has 1 atom stereocenters. The molecule has 1 aliphatic heterocycles. The van der Waals surface area contributed by atoms with E-state index in [0.29, 0.717) is 19.6 Å². The van der Waals surface area contributed by atoms with Crippen LogP contribution in [0.2, 0.25) is 0 Å². The highest BCUT2D eigenvalue weighted by Crippen LogP contribution is 2.15. The van der Waals surface area contributed by atoms with Gasteiger partial charge in [0.15, 0.2) is 0 Å². The maximum atomic E-state index is 12.6. The summed E-state index contributed by atoms with van der Waals surface area (Å²) in [7, 11) is -3.70. The van der Waals surface area contributed by atoms with Crippen molar-refractivity contribution in [1.29, 1.82) is 0 Å². The molecule has 1 aliphatic rings. The van der Waals surface area contributed by atoms with Crippen LogP contribution < -0.4 is 5.56 Å². The van der Waals surface area contributed by atoms with E-state index in [1.54, 1.807) is 13.8 Å². The van der Waals surface area contributed by atoms with Crippen molar-refractivity contribution in [2.45, 2.75) is 51.2 Å². The molecule has 0 saturated carbocycles. The molecule has 1 aromatic rings. The van der Waals surface area contributed by atoms with Gasteiger partial charge in [0.1, 0.15) is 12.6 Å². The molecule has 8 nitrogen and oxygen atoms in total. The van der Waals surface area contributed by atoms with Crippen LogP contribution in [-0.2, 0) is 26.1 Å². The van der Waals surface area contributed by atoms with Gasteiger partial charge >= 0.3 is 5.97 Å². The number of nitrogens with zero attached hydrogens (tertiary/aromatic N) is 3. The largest absolute Gasteiger partial charge is 0.460 e. The third-order valence-electron chi connectivity index (χ3n) is 4.81. The van der Waals surface area contributed by atoms with Gasteiger partial charge in [0.25, 0.3) is 5.56 Å². The minimum absolute atomic E-state index is 0.00609. The van der Waals surface area contributed by atoms with Crippen LogP contribution in [0.25, 0.3) is 0 Å². The Balaban J connectivity index is 2.12. The topological polar surface area (TPSA) is 88.9 Å². The number of likely N-dealkylation sites (tertiary alicyclic amines) is 1. The quantitative estimate of drug-likeness (QED) is 0.604. The minimum atomic E-state index is -3.70. The number of sulfonamides is 1. The highest BCUT2D eigenvalue weighted by Gasteiger charge is 2.24. The van der Waals surface area contributed by atoms with E-state index in [2.05, 4.69) is 11.8 Å². The van der Waals surface area contributed by atoms with Gasteiger partial charge in [-0.25, -0.2) is 8.42 Å². The Morgan fingerprint density at radius 3 is 2.59 bits per heavy atom. The molecule has 0 spiro atoms. The molecule has 0 aliphatic carbocycles. The van der Waals surface area contributed by atoms with Crippen molar-refractivity contribution in [2.75, 3.05) is 32.7 Å². The minimum Gasteiger partial charge on any atom is -0.460 e. The third-order valence-corrected chi connectivity index (χ3v) is 6.84. The normalized spacial score (nSPS) is 18.6.